The summed E-state index contributed by atoms with van der Waals surface area (Å²) in [5.41, 5.74) is 4.16. The zero-order chi connectivity index (χ0) is 36.4. The first kappa shape index (κ1) is 36.7. The molecule has 50 heavy (non-hydrogen) atoms. The highest BCUT2D eigenvalue weighted by Crippen LogP contribution is 2.27. The van der Waals surface area contributed by atoms with Gasteiger partial charge in [0.25, 0.3) is 17.7 Å². The lowest BCUT2D eigenvalue weighted by molar-refractivity contribution is -0.142. The number of esters is 1. The van der Waals surface area contributed by atoms with E-state index >= 15 is 0 Å². The van der Waals surface area contributed by atoms with E-state index in [1.54, 1.807) is 42.5 Å². The van der Waals surface area contributed by atoms with Gasteiger partial charge in [-0.2, -0.15) is 0 Å². The predicted octanol–water partition coefficient (Wildman–Crippen LogP) is 5.35. The summed E-state index contributed by atoms with van der Waals surface area (Å²) in [6.45, 7) is 3.88. The van der Waals surface area contributed by atoms with Crippen LogP contribution in [0.3, 0.4) is 0 Å². The third kappa shape index (κ3) is 8.48. The van der Waals surface area contributed by atoms with Gasteiger partial charge in [-0.3, -0.25) is 28.9 Å². The van der Waals surface area contributed by atoms with Crippen LogP contribution in [0, 0.1) is 0 Å². The van der Waals surface area contributed by atoms with Crippen molar-refractivity contribution in [1.82, 2.24) is 10.2 Å². The summed E-state index contributed by atoms with van der Waals surface area (Å²) in [7, 11) is 1.30. The molecule has 1 heterocycles. The largest absolute Gasteiger partial charge is 0.481 e. The fourth-order valence-electron chi connectivity index (χ4n) is 5.52. The maximum Gasteiger partial charge on any atom is 0.336 e. The van der Waals surface area contributed by atoms with Gasteiger partial charge in [-0.05, 0) is 59.4 Å². The van der Waals surface area contributed by atoms with Gasteiger partial charge in [0.15, 0.2) is 0 Å². The summed E-state index contributed by atoms with van der Waals surface area (Å²) in [5, 5.41) is 21.1. The van der Waals surface area contributed by atoms with Crippen LogP contribution < -0.4 is 5.32 Å². The molecule has 0 radical (unpaired) electrons. The topological polar surface area (TPSA) is 167 Å². The van der Waals surface area contributed by atoms with E-state index in [0.29, 0.717) is 16.7 Å². The molecule has 4 aromatic rings. The Morgan fingerprint density at radius 2 is 1.14 bits per heavy atom. The third-order valence-corrected chi connectivity index (χ3v) is 8.48. The normalized spacial score (nSPS) is 13.0. The van der Waals surface area contributed by atoms with E-state index in [1.807, 2.05) is 50.2 Å². The predicted molar refractivity (Wildman–Crippen MR) is 184 cm³/mol. The molecule has 3 N–H and O–H groups in total. The molecule has 0 saturated heterocycles. The van der Waals surface area contributed by atoms with E-state index in [4.69, 9.17) is 9.84 Å². The van der Waals surface area contributed by atoms with E-state index in [2.05, 4.69) is 5.32 Å². The van der Waals surface area contributed by atoms with Gasteiger partial charge in [0.05, 0.1) is 41.2 Å². The van der Waals surface area contributed by atoms with E-state index in [9.17, 15) is 33.9 Å². The molecule has 0 aromatic heterocycles. The molecule has 3 amide bonds. The molecule has 0 bridgehead atoms. The fraction of sp³-hybridized carbons (Fsp3) is 0.231. The molecule has 0 fully saturated rings. The minimum absolute atomic E-state index is 0.000435. The summed E-state index contributed by atoms with van der Waals surface area (Å²) < 4.78 is 4.89. The number of nitrogens with zero attached hydrogens (tertiary/aromatic N) is 1. The number of nitrogens with one attached hydrogen (secondary N) is 1. The number of ether oxygens (including phenoxy) is 1. The van der Waals surface area contributed by atoms with Gasteiger partial charge in [0.1, 0.15) is 0 Å². The van der Waals surface area contributed by atoms with Crippen molar-refractivity contribution >= 4 is 35.6 Å². The van der Waals surface area contributed by atoms with Crippen molar-refractivity contribution in [3.63, 3.8) is 0 Å². The Morgan fingerprint density at radius 3 is 1.58 bits per heavy atom. The summed E-state index contributed by atoms with van der Waals surface area (Å²) in [5.74, 6) is -5.73. The van der Waals surface area contributed by atoms with Crippen molar-refractivity contribution in [2.45, 2.75) is 38.5 Å². The number of carboxylic acids is 2. The number of amides is 3. The second-order valence-electron chi connectivity index (χ2n) is 11.5. The lowest BCUT2D eigenvalue weighted by atomic mass is 9.97. The zero-order valence-electron chi connectivity index (χ0n) is 27.9. The lowest BCUT2D eigenvalue weighted by Gasteiger charge is -2.21. The Labute approximate surface area is 289 Å². The van der Waals surface area contributed by atoms with Gasteiger partial charge in [-0.15, -0.1) is 0 Å². The number of hydrogen-bond acceptors (Lipinski definition) is 7. The van der Waals surface area contributed by atoms with Crippen LogP contribution in [0.4, 0.5) is 0 Å². The first-order valence-corrected chi connectivity index (χ1v) is 16.0. The Balaban J connectivity index is 0.000000225. The number of rotatable bonds is 12. The molecule has 5 rings (SSSR count). The highest BCUT2D eigenvalue weighted by Gasteiger charge is 2.38. The fourth-order valence-corrected chi connectivity index (χ4v) is 5.52. The van der Waals surface area contributed by atoms with E-state index < -0.39 is 35.7 Å². The van der Waals surface area contributed by atoms with Crippen LogP contribution in [0.1, 0.15) is 89.4 Å². The molecule has 2 unspecified atom stereocenters. The molecule has 4 aromatic carbocycles. The van der Waals surface area contributed by atoms with Crippen molar-refractivity contribution < 1.29 is 43.7 Å². The highest BCUT2D eigenvalue weighted by molar-refractivity contribution is 6.21. The molecule has 0 saturated carbocycles. The number of imide groups is 1. The molecule has 11 nitrogen and oxygen atoms in total. The number of carbonyl (C=O) groups is 6. The van der Waals surface area contributed by atoms with Gasteiger partial charge >= 0.3 is 17.9 Å². The Morgan fingerprint density at radius 1 is 0.680 bits per heavy atom. The summed E-state index contributed by atoms with van der Waals surface area (Å²) in [6, 6.07) is 27.2. The third-order valence-electron chi connectivity index (χ3n) is 8.48. The minimum atomic E-state index is -1.21. The maximum absolute atomic E-state index is 12.5. The van der Waals surface area contributed by atoms with Crippen molar-refractivity contribution in [1.29, 1.82) is 0 Å². The number of aliphatic carboxylic acids is 1. The standard InChI is InChI=1S/C20H19NO4.C19H19NO5/c1-3-13-8-10-14(11-9-13)17(20(24)25-2)12-21-18(22)15-6-4-5-7-16(15)19(21)23;1-2-12-7-9-13(10-8-12)16(19(24)25)11-20-17(21)14-5-3-4-6-15(14)18(22)23/h4-11,17H,3,12H2,1-2H3;3-10,16H,2,11H2,1H3,(H,20,21)(H,22,23)(H,24,25). The zero-order valence-corrected chi connectivity index (χ0v) is 27.9. The number of methoxy groups -OCH3 is 1. The Kier molecular flexibility index (Phi) is 12.4. The van der Waals surface area contributed by atoms with Gasteiger partial charge in [0, 0.05) is 13.1 Å². The van der Waals surface area contributed by atoms with Crippen LogP contribution in [0.15, 0.2) is 97.1 Å². The first-order chi connectivity index (χ1) is 24.0. The second kappa shape index (κ2) is 16.8. The van der Waals surface area contributed by atoms with Crippen LogP contribution in [0.2, 0.25) is 0 Å². The van der Waals surface area contributed by atoms with Crippen molar-refractivity contribution in [2.75, 3.05) is 20.2 Å². The van der Waals surface area contributed by atoms with Gasteiger partial charge in [-0.25, -0.2) is 4.79 Å². The lowest BCUT2D eigenvalue weighted by Crippen LogP contribution is -2.36. The molecule has 0 spiro atoms. The molecule has 258 valence electrons. The number of aryl methyl sites for hydroxylation is 2. The van der Waals surface area contributed by atoms with E-state index in [1.165, 1.54) is 25.3 Å². The first-order valence-electron chi connectivity index (χ1n) is 16.0. The van der Waals surface area contributed by atoms with E-state index in [-0.39, 0.29) is 36.0 Å². The molecule has 1 aliphatic heterocycles. The quantitative estimate of drug-likeness (QED) is 0.132. The van der Waals surface area contributed by atoms with Crippen molar-refractivity contribution in [3.05, 3.63) is 142 Å². The second-order valence-corrected chi connectivity index (χ2v) is 11.5. The van der Waals surface area contributed by atoms with Crippen LogP contribution in [-0.4, -0.2) is 70.9 Å². The van der Waals surface area contributed by atoms with Crippen LogP contribution in [0.25, 0.3) is 0 Å². The Hall–Kier alpha value is -6.10. The number of fused-ring (bicyclic) bond motifs is 1. The molecule has 0 aliphatic carbocycles. The SMILES string of the molecule is CCc1ccc(C(CN2C(=O)c3ccccc3C2=O)C(=O)OC)cc1.CCc1ccc(C(CNC(=O)c2ccccc2C(=O)O)C(=O)O)cc1. The number of carboxylic acid groups (broad SMARTS) is 2. The molecule has 11 heteroatoms. The van der Waals surface area contributed by atoms with Crippen molar-refractivity contribution in [2.24, 2.45) is 0 Å². The Bertz CT molecular complexity index is 1850. The maximum atomic E-state index is 12.5. The van der Waals surface area contributed by atoms with Crippen LogP contribution >= 0.6 is 0 Å². The number of aromatic carboxylic acids is 1. The van der Waals surface area contributed by atoms with Gasteiger partial charge in [-0.1, -0.05) is 86.6 Å². The number of benzene rings is 4. The monoisotopic (exact) mass is 678 g/mol. The smallest absolute Gasteiger partial charge is 0.336 e. The van der Waals surface area contributed by atoms with E-state index in [0.717, 1.165) is 34.4 Å². The average Bonchev–Trinajstić information content (AvgIpc) is 3.38. The van der Waals surface area contributed by atoms with Gasteiger partial charge in [0.2, 0.25) is 0 Å². The van der Waals surface area contributed by atoms with Crippen LogP contribution in [-0.2, 0) is 27.2 Å². The molecular formula is C39H38N2O9. The summed E-state index contributed by atoms with van der Waals surface area (Å²) in [6.07, 6.45) is 1.74. The summed E-state index contributed by atoms with van der Waals surface area (Å²) in [4.78, 5) is 73.4. The molecule has 1 aliphatic rings. The average molecular weight is 679 g/mol. The van der Waals surface area contributed by atoms with Crippen molar-refractivity contribution in [3.8, 4) is 0 Å². The molecular weight excluding hydrogens is 640 g/mol. The number of carbonyl (C=O) groups excluding carboxylic acids is 4. The highest BCUT2D eigenvalue weighted by atomic mass is 16.5. The minimum Gasteiger partial charge on any atom is -0.481 e. The number of hydrogen-bond donors (Lipinski definition) is 3. The van der Waals surface area contributed by atoms with Crippen LogP contribution in [0.5, 0.6) is 0 Å². The van der Waals surface area contributed by atoms with Gasteiger partial charge < -0.3 is 20.3 Å². The summed E-state index contributed by atoms with van der Waals surface area (Å²) >= 11 is 0. The molecule has 2 atom stereocenters.